The second-order valence-corrected chi connectivity index (χ2v) is 7.09. The van der Waals surface area contributed by atoms with E-state index in [1.54, 1.807) is 18.4 Å². The molecule has 0 amide bonds. The maximum Gasteiger partial charge on any atom is 0.313 e. The summed E-state index contributed by atoms with van der Waals surface area (Å²) in [5.74, 6) is 0.0261. The summed E-state index contributed by atoms with van der Waals surface area (Å²) >= 11 is 1.52. The van der Waals surface area contributed by atoms with Crippen LogP contribution in [0.15, 0.2) is 4.79 Å². The van der Waals surface area contributed by atoms with Gasteiger partial charge in [0.15, 0.2) is 0 Å². The number of ether oxygens (including phenoxy) is 1. The van der Waals surface area contributed by atoms with Crippen LogP contribution in [0, 0.1) is 6.92 Å². The average molecular weight is 350 g/mol. The smallest absolute Gasteiger partial charge is 0.313 e. The van der Waals surface area contributed by atoms with Crippen LogP contribution in [0.2, 0.25) is 0 Å². The van der Waals surface area contributed by atoms with E-state index in [1.165, 1.54) is 11.3 Å². The number of aryl methyl sites for hydroxylation is 2. The van der Waals surface area contributed by atoms with Crippen molar-refractivity contribution in [2.45, 2.75) is 52.0 Å². The van der Waals surface area contributed by atoms with Crippen LogP contribution in [0.3, 0.4) is 0 Å². The highest BCUT2D eigenvalue weighted by Gasteiger charge is 2.33. The van der Waals surface area contributed by atoms with Crippen molar-refractivity contribution >= 4 is 27.5 Å². The second-order valence-electron chi connectivity index (χ2n) is 6.01. The van der Waals surface area contributed by atoms with Gasteiger partial charge in [-0.2, -0.15) is 0 Å². The van der Waals surface area contributed by atoms with Gasteiger partial charge in [-0.1, -0.05) is 0 Å². The van der Waals surface area contributed by atoms with Crippen LogP contribution in [-0.4, -0.2) is 33.8 Å². The monoisotopic (exact) mass is 350 g/mol. The van der Waals surface area contributed by atoms with Gasteiger partial charge in [0, 0.05) is 18.0 Å². The lowest BCUT2D eigenvalue weighted by Gasteiger charge is -2.21. The molecule has 0 spiro atoms. The van der Waals surface area contributed by atoms with Crippen LogP contribution in [0.25, 0.3) is 10.2 Å². The predicted molar refractivity (Wildman–Crippen MR) is 92.6 cm³/mol. The summed E-state index contributed by atoms with van der Waals surface area (Å²) < 4.78 is 6.82. The Morgan fingerprint density at radius 1 is 1.50 bits per heavy atom. The van der Waals surface area contributed by atoms with Gasteiger partial charge in [-0.25, -0.2) is 4.98 Å². The minimum Gasteiger partial charge on any atom is -0.466 e. The molecular weight excluding hydrogens is 328 g/mol. The summed E-state index contributed by atoms with van der Waals surface area (Å²) in [6, 6.07) is 0. The van der Waals surface area contributed by atoms with Gasteiger partial charge in [0.2, 0.25) is 0 Å². The Bertz CT molecular complexity index is 824. The number of thiophene rings is 1. The number of carbonyl (C=O) groups is 1. The van der Waals surface area contributed by atoms with E-state index >= 15 is 0 Å². The molecule has 24 heavy (non-hydrogen) atoms. The molecule has 0 aromatic carbocycles. The zero-order chi connectivity index (χ0) is 17.3. The average Bonchev–Trinajstić information content (AvgIpc) is 2.92. The molecule has 3 rings (SSSR count). The Labute approximate surface area is 144 Å². The molecule has 2 aromatic rings. The van der Waals surface area contributed by atoms with Gasteiger partial charge in [-0.3, -0.25) is 14.2 Å². The number of aromatic nitrogens is 2. The molecule has 1 unspecified atom stereocenters. The largest absolute Gasteiger partial charge is 0.466 e. The molecule has 0 saturated carbocycles. The quantitative estimate of drug-likeness (QED) is 0.836. The fourth-order valence-electron chi connectivity index (χ4n) is 3.39. The van der Waals surface area contributed by atoms with E-state index in [4.69, 9.17) is 9.84 Å². The molecule has 0 radical (unpaired) electrons. The summed E-state index contributed by atoms with van der Waals surface area (Å²) in [5.41, 5.74) is 0.717. The molecule has 0 bridgehead atoms. The molecular formula is C17H22N2O4S. The van der Waals surface area contributed by atoms with Gasteiger partial charge in [0.05, 0.1) is 17.9 Å². The Morgan fingerprint density at radius 3 is 3.00 bits per heavy atom. The lowest BCUT2D eigenvalue weighted by molar-refractivity contribution is -0.145. The number of fused-ring (bicyclic) bond motifs is 3. The van der Waals surface area contributed by atoms with Gasteiger partial charge in [0.1, 0.15) is 10.7 Å². The number of hydrogen-bond acceptors (Lipinski definition) is 6. The third-order valence-corrected chi connectivity index (χ3v) is 5.63. The maximum absolute atomic E-state index is 13.0. The third-order valence-electron chi connectivity index (χ3n) is 4.47. The number of nitrogens with zero attached hydrogens (tertiary/aromatic N) is 2. The Hall–Kier alpha value is -1.73. The van der Waals surface area contributed by atoms with Gasteiger partial charge < -0.3 is 9.84 Å². The van der Waals surface area contributed by atoms with E-state index in [1.807, 2.05) is 0 Å². The van der Waals surface area contributed by atoms with Crippen molar-refractivity contribution in [3.63, 3.8) is 0 Å². The topological polar surface area (TPSA) is 81.4 Å². The van der Waals surface area contributed by atoms with Crippen LogP contribution in [-0.2, 0) is 22.5 Å². The molecule has 0 fully saturated rings. The third kappa shape index (κ3) is 2.86. The first kappa shape index (κ1) is 17.1. The predicted octanol–water partition coefficient (Wildman–Crippen LogP) is 2.13. The van der Waals surface area contributed by atoms with Crippen LogP contribution in [0.1, 0.15) is 48.4 Å². The Morgan fingerprint density at radius 2 is 2.29 bits per heavy atom. The second kappa shape index (κ2) is 7.03. The van der Waals surface area contributed by atoms with E-state index < -0.39 is 0 Å². The maximum atomic E-state index is 13.0. The number of rotatable bonds is 5. The summed E-state index contributed by atoms with van der Waals surface area (Å²) in [5, 5.41) is 9.62. The van der Waals surface area contributed by atoms with Crippen LogP contribution < -0.4 is 5.56 Å². The summed E-state index contributed by atoms with van der Waals surface area (Å²) in [6.07, 6.45) is 3.01. The summed E-state index contributed by atoms with van der Waals surface area (Å²) in [7, 11) is 0. The standard InChI is InChI=1S/C17H22N2O4S/c1-3-23-17(22)11-6-4-7-12-13(11)14-15(24-12)18-10(2)19(16(14)21)8-5-9-20/h11,20H,3-9H2,1-2H3. The molecule has 7 heteroatoms. The van der Waals surface area contributed by atoms with E-state index in [9.17, 15) is 9.59 Å². The number of aliphatic hydroxyl groups is 1. The van der Waals surface area contributed by atoms with Crippen LogP contribution in [0.5, 0.6) is 0 Å². The molecule has 1 atom stereocenters. The first-order valence-corrected chi connectivity index (χ1v) is 9.20. The number of esters is 1. The van der Waals surface area contributed by atoms with Gasteiger partial charge in [0.25, 0.3) is 5.56 Å². The van der Waals surface area contributed by atoms with Crippen molar-refractivity contribution < 1.29 is 14.6 Å². The van der Waals surface area contributed by atoms with Crippen LogP contribution in [0.4, 0.5) is 0 Å². The fourth-order valence-corrected chi connectivity index (χ4v) is 4.70. The lowest BCUT2D eigenvalue weighted by Crippen LogP contribution is -2.27. The molecule has 1 aliphatic rings. The van der Waals surface area contributed by atoms with Crippen molar-refractivity contribution in [1.29, 1.82) is 0 Å². The Kier molecular flexibility index (Phi) is 5.01. The van der Waals surface area contributed by atoms with Gasteiger partial charge in [-0.15, -0.1) is 11.3 Å². The van der Waals surface area contributed by atoms with E-state index in [0.717, 1.165) is 23.3 Å². The SMILES string of the molecule is CCOC(=O)C1CCCc2sc3nc(C)n(CCCO)c(=O)c3c21. The van der Waals surface area contributed by atoms with Crippen molar-refractivity contribution in [3.8, 4) is 0 Å². The van der Waals surface area contributed by atoms with Crippen molar-refractivity contribution in [3.05, 3.63) is 26.6 Å². The molecule has 2 heterocycles. The normalized spacial score (nSPS) is 17.0. The number of aliphatic hydroxyl groups excluding tert-OH is 1. The van der Waals surface area contributed by atoms with Crippen molar-refractivity contribution in [2.24, 2.45) is 0 Å². The summed E-state index contributed by atoms with van der Waals surface area (Å²) in [6.45, 7) is 4.39. The molecule has 2 aromatic heterocycles. The minimum atomic E-state index is -0.369. The van der Waals surface area contributed by atoms with Crippen molar-refractivity contribution in [1.82, 2.24) is 9.55 Å². The molecule has 6 nitrogen and oxygen atoms in total. The number of carbonyl (C=O) groups excluding carboxylic acids is 1. The molecule has 1 aliphatic carbocycles. The molecule has 130 valence electrons. The van der Waals surface area contributed by atoms with Crippen molar-refractivity contribution in [2.75, 3.05) is 13.2 Å². The highest BCUT2D eigenvalue weighted by Crippen LogP contribution is 2.41. The molecule has 1 N–H and O–H groups in total. The zero-order valence-electron chi connectivity index (χ0n) is 14.0. The van der Waals surface area contributed by atoms with Gasteiger partial charge >= 0.3 is 5.97 Å². The highest BCUT2D eigenvalue weighted by molar-refractivity contribution is 7.18. The first-order valence-electron chi connectivity index (χ1n) is 8.38. The first-order chi connectivity index (χ1) is 11.6. The summed E-state index contributed by atoms with van der Waals surface area (Å²) in [4.78, 5) is 31.7. The highest BCUT2D eigenvalue weighted by atomic mass is 32.1. The van der Waals surface area contributed by atoms with E-state index in [2.05, 4.69) is 4.98 Å². The number of hydrogen-bond donors (Lipinski definition) is 1. The molecule has 0 saturated heterocycles. The van der Waals surface area contributed by atoms with Crippen LogP contribution >= 0.6 is 11.3 Å². The fraction of sp³-hybridized carbons (Fsp3) is 0.588. The zero-order valence-corrected chi connectivity index (χ0v) is 14.8. The van der Waals surface area contributed by atoms with Gasteiger partial charge in [-0.05, 0) is 45.1 Å². The lowest BCUT2D eigenvalue weighted by atomic mass is 9.86. The minimum absolute atomic E-state index is 0.0249. The Balaban J connectivity index is 2.18. The molecule has 0 aliphatic heterocycles. The van der Waals surface area contributed by atoms with E-state index in [-0.39, 0.29) is 24.1 Å². The van der Waals surface area contributed by atoms with E-state index in [0.29, 0.717) is 42.0 Å².